The molecule has 0 unspecified atom stereocenters. The topological polar surface area (TPSA) is 44.5 Å². The van der Waals surface area contributed by atoms with Crippen molar-refractivity contribution in [3.8, 4) is 11.5 Å². The molecule has 0 spiro atoms. The standard InChI is InChI=1S/C11H10BrF4NO2/c12-7-5-9-8(4-6(7)2-1-3-17)18-10(13,14)11(15,16)19-9/h4-5H,1-3,17H2. The lowest BCUT2D eigenvalue weighted by Crippen LogP contribution is -2.52. The van der Waals surface area contributed by atoms with E-state index in [1.807, 2.05) is 0 Å². The molecule has 0 aromatic heterocycles. The molecule has 0 atom stereocenters. The van der Waals surface area contributed by atoms with Crippen molar-refractivity contribution >= 4 is 15.9 Å². The monoisotopic (exact) mass is 343 g/mol. The van der Waals surface area contributed by atoms with Gasteiger partial charge < -0.3 is 15.2 Å². The molecule has 0 aliphatic carbocycles. The van der Waals surface area contributed by atoms with Crippen molar-refractivity contribution in [3.05, 3.63) is 22.2 Å². The molecule has 8 heteroatoms. The molecule has 1 aliphatic rings. The van der Waals surface area contributed by atoms with E-state index in [4.69, 9.17) is 5.73 Å². The molecule has 0 radical (unpaired) electrons. The number of nitrogens with two attached hydrogens (primary N) is 1. The Hall–Kier alpha value is -1.02. The van der Waals surface area contributed by atoms with E-state index in [-0.39, 0.29) is 0 Å². The molecule has 2 rings (SSSR count). The van der Waals surface area contributed by atoms with E-state index in [9.17, 15) is 17.6 Å². The van der Waals surface area contributed by atoms with E-state index in [2.05, 4.69) is 25.4 Å². The van der Waals surface area contributed by atoms with Crippen molar-refractivity contribution in [2.45, 2.75) is 25.1 Å². The minimum absolute atomic E-state index is 0.411. The lowest BCUT2D eigenvalue weighted by atomic mass is 10.1. The van der Waals surface area contributed by atoms with Gasteiger partial charge in [-0.1, -0.05) is 15.9 Å². The maximum atomic E-state index is 13.0. The molecule has 1 aromatic rings. The molecule has 3 nitrogen and oxygen atoms in total. The molecule has 1 heterocycles. The van der Waals surface area contributed by atoms with Crippen molar-refractivity contribution in [1.29, 1.82) is 0 Å². The highest BCUT2D eigenvalue weighted by Gasteiger charge is 2.65. The summed E-state index contributed by atoms with van der Waals surface area (Å²) < 4.78 is 60.5. The summed E-state index contributed by atoms with van der Waals surface area (Å²) in [6.45, 7) is 0.426. The van der Waals surface area contributed by atoms with Gasteiger partial charge in [-0.15, -0.1) is 0 Å². The minimum atomic E-state index is -4.70. The third-order valence-corrected chi connectivity index (χ3v) is 3.32. The Morgan fingerprint density at radius 1 is 1.05 bits per heavy atom. The fourth-order valence-corrected chi connectivity index (χ4v) is 2.14. The van der Waals surface area contributed by atoms with Crippen LogP contribution in [-0.4, -0.2) is 18.8 Å². The molecule has 106 valence electrons. The van der Waals surface area contributed by atoms with E-state index in [0.29, 0.717) is 29.4 Å². The van der Waals surface area contributed by atoms with Gasteiger partial charge >= 0.3 is 12.2 Å². The number of hydrogen-bond donors (Lipinski definition) is 1. The van der Waals surface area contributed by atoms with Gasteiger partial charge in [0.05, 0.1) is 0 Å². The number of rotatable bonds is 3. The van der Waals surface area contributed by atoms with E-state index in [0.717, 1.165) is 0 Å². The summed E-state index contributed by atoms with van der Waals surface area (Å²) in [4.78, 5) is 0. The second kappa shape index (κ2) is 4.82. The number of benzene rings is 1. The molecule has 2 N–H and O–H groups in total. The fraction of sp³-hybridized carbons (Fsp3) is 0.455. The van der Waals surface area contributed by atoms with E-state index >= 15 is 0 Å². The lowest BCUT2D eigenvalue weighted by Gasteiger charge is -2.32. The molecule has 19 heavy (non-hydrogen) atoms. The SMILES string of the molecule is NCCCc1cc2c(cc1Br)OC(F)(F)C(F)(F)O2. The first-order valence-corrected chi connectivity index (χ1v) is 6.22. The zero-order valence-electron chi connectivity index (χ0n) is 9.56. The predicted octanol–water partition coefficient (Wildman–Crippen LogP) is 3.30. The number of fused-ring (bicyclic) bond motifs is 1. The van der Waals surface area contributed by atoms with Gasteiger partial charge in [-0.3, -0.25) is 0 Å². The van der Waals surface area contributed by atoms with Crippen LogP contribution in [0.1, 0.15) is 12.0 Å². The Morgan fingerprint density at radius 2 is 1.58 bits per heavy atom. The van der Waals surface area contributed by atoms with Gasteiger partial charge in [-0.25, -0.2) is 0 Å². The van der Waals surface area contributed by atoms with Crippen LogP contribution in [0.4, 0.5) is 17.6 Å². The number of alkyl halides is 4. The summed E-state index contributed by atoms with van der Waals surface area (Å²) >= 11 is 3.16. The highest BCUT2D eigenvalue weighted by molar-refractivity contribution is 9.10. The second-order valence-corrected chi connectivity index (χ2v) is 4.87. The van der Waals surface area contributed by atoms with E-state index in [1.165, 1.54) is 12.1 Å². The van der Waals surface area contributed by atoms with Crippen molar-refractivity contribution in [2.24, 2.45) is 5.73 Å². The number of hydrogen-bond acceptors (Lipinski definition) is 3. The summed E-state index contributed by atoms with van der Waals surface area (Å²) in [6, 6.07) is 2.43. The van der Waals surface area contributed by atoms with Crippen LogP contribution in [0.25, 0.3) is 0 Å². The Labute approximate surface area is 114 Å². The summed E-state index contributed by atoms with van der Waals surface area (Å²) in [5.41, 5.74) is 5.99. The van der Waals surface area contributed by atoms with Crippen LogP contribution in [-0.2, 0) is 6.42 Å². The lowest BCUT2D eigenvalue weighted by molar-refractivity contribution is -0.391. The number of ether oxygens (including phenoxy) is 2. The molecule has 0 saturated carbocycles. The van der Waals surface area contributed by atoms with Crippen LogP contribution < -0.4 is 15.2 Å². The molecule has 0 saturated heterocycles. The van der Waals surface area contributed by atoms with Gasteiger partial charge in [-0.2, -0.15) is 17.6 Å². The average Bonchev–Trinajstić information content (AvgIpc) is 2.28. The molecule has 1 aromatic carbocycles. The normalized spacial score (nSPS) is 19.3. The van der Waals surface area contributed by atoms with Crippen molar-refractivity contribution in [1.82, 2.24) is 0 Å². The van der Waals surface area contributed by atoms with Crippen LogP contribution in [0.3, 0.4) is 0 Å². The third-order valence-electron chi connectivity index (χ3n) is 2.58. The smallest absolute Gasteiger partial charge is 0.421 e. The van der Waals surface area contributed by atoms with Crippen LogP contribution >= 0.6 is 15.9 Å². The van der Waals surface area contributed by atoms with E-state index < -0.39 is 23.7 Å². The molecular formula is C11H10BrF4NO2. The Morgan fingerprint density at radius 3 is 2.11 bits per heavy atom. The highest BCUT2D eigenvalue weighted by Crippen LogP contribution is 2.48. The van der Waals surface area contributed by atoms with Gasteiger partial charge in [-0.05, 0) is 37.1 Å². The summed E-state index contributed by atoms with van der Waals surface area (Å²) in [7, 11) is 0. The molecule has 0 amide bonds. The van der Waals surface area contributed by atoms with Crippen LogP contribution in [0, 0.1) is 0 Å². The molecular weight excluding hydrogens is 334 g/mol. The number of halogens is 5. The summed E-state index contributed by atoms with van der Waals surface area (Å²) in [6.07, 6.45) is -8.25. The predicted molar refractivity (Wildman–Crippen MR) is 62.7 cm³/mol. The zero-order valence-corrected chi connectivity index (χ0v) is 11.1. The number of aryl methyl sites for hydroxylation is 1. The van der Waals surface area contributed by atoms with Gasteiger partial charge in [0.1, 0.15) is 0 Å². The third kappa shape index (κ3) is 2.64. The molecule has 0 fully saturated rings. The van der Waals surface area contributed by atoms with Crippen LogP contribution in [0.15, 0.2) is 16.6 Å². The maximum absolute atomic E-state index is 13.0. The van der Waals surface area contributed by atoms with Crippen LogP contribution in [0.5, 0.6) is 11.5 Å². The quantitative estimate of drug-likeness (QED) is 0.856. The average molecular weight is 344 g/mol. The minimum Gasteiger partial charge on any atom is -0.421 e. The van der Waals surface area contributed by atoms with Gasteiger partial charge in [0.2, 0.25) is 0 Å². The van der Waals surface area contributed by atoms with Crippen molar-refractivity contribution in [3.63, 3.8) is 0 Å². The first-order valence-electron chi connectivity index (χ1n) is 5.43. The largest absolute Gasteiger partial charge is 0.507 e. The van der Waals surface area contributed by atoms with Crippen LogP contribution in [0.2, 0.25) is 0 Å². The van der Waals surface area contributed by atoms with Gasteiger partial charge in [0.15, 0.2) is 11.5 Å². The van der Waals surface area contributed by atoms with Gasteiger partial charge in [0, 0.05) is 4.47 Å². The summed E-state index contributed by atoms with van der Waals surface area (Å²) in [5, 5.41) is 0. The van der Waals surface area contributed by atoms with Gasteiger partial charge in [0.25, 0.3) is 0 Å². The Kier molecular flexibility index (Phi) is 3.65. The van der Waals surface area contributed by atoms with Crippen molar-refractivity contribution < 1.29 is 27.0 Å². The zero-order chi connectivity index (χ0) is 14.3. The Bertz CT molecular complexity index is 496. The fourth-order valence-electron chi connectivity index (χ4n) is 1.62. The first kappa shape index (κ1) is 14.4. The van der Waals surface area contributed by atoms with Crippen molar-refractivity contribution in [2.75, 3.05) is 6.54 Å². The maximum Gasteiger partial charge on any atom is 0.507 e. The molecule has 0 bridgehead atoms. The Balaban J connectivity index is 2.37. The second-order valence-electron chi connectivity index (χ2n) is 4.02. The van der Waals surface area contributed by atoms with E-state index in [1.54, 1.807) is 0 Å². The highest BCUT2D eigenvalue weighted by atomic mass is 79.9. The molecule has 1 aliphatic heterocycles. The summed E-state index contributed by atoms with van der Waals surface area (Å²) in [5.74, 6) is -0.842. The first-order chi connectivity index (χ1) is 8.77.